The minimum absolute atomic E-state index is 0.0253. The number of anilines is 1. The van der Waals surface area contributed by atoms with E-state index in [1.807, 2.05) is 50.8 Å². The van der Waals surface area contributed by atoms with E-state index in [0.717, 1.165) is 22.3 Å². The third kappa shape index (κ3) is 5.33. The molecule has 10 nitrogen and oxygen atoms in total. The minimum Gasteiger partial charge on any atom is -0.367 e. The van der Waals surface area contributed by atoms with Crippen molar-refractivity contribution in [1.82, 2.24) is 34.9 Å². The maximum atomic E-state index is 16.6. The van der Waals surface area contributed by atoms with Gasteiger partial charge in [-0.1, -0.05) is 38.7 Å². The monoisotopic (exact) mass is 656 g/mol. The van der Waals surface area contributed by atoms with E-state index in [2.05, 4.69) is 27.1 Å². The molecule has 13 heteroatoms. The Morgan fingerprint density at radius 1 is 1.06 bits per heavy atom. The first-order valence-corrected chi connectivity index (χ1v) is 15.6. The molecule has 0 atom stereocenters. The zero-order valence-corrected chi connectivity index (χ0v) is 27.6. The normalized spacial score (nSPS) is 13.5. The fourth-order valence-corrected chi connectivity index (χ4v) is 6.71. The molecule has 1 fully saturated rings. The molecule has 1 saturated heterocycles. The van der Waals surface area contributed by atoms with Crippen molar-refractivity contribution in [2.24, 2.45) is 0 Å². The van der Waals surface area contributed by atoms with Gasteiger partial charge in [-0.2, -0.15) is 5.10 Å². The molecule has 0 unspecified atom stereocenters. The highest BCUT2D eigenvalue weighted by molar-refractivity contribution is 7.71. The minimum atomic E-state index is -1.04. The number of aromatic amines is 1. The van der Waals surface area contributed by atoms with E-state index in [4.69, 9.17) is 17.2 Å². The Labute approximate surface area is 275 Å². The quantitative estimate of drug-likeness (QED) is 0.169. The van der Waals surface area contributed by atoms with Crippen LogP contribution in [0.4, 0.5) is 14.5 Å². The van der Waals surface area contributed by atoms with Crippen molar-refractivity contribution >= 4 is 51.7 Å². The summed E-state index contributed by atoms with van der Waals surface area (Å²) in [4.78, 5) is 39.0. The van der Waals surface area contributed by atoms with Crippen LogP contribution in [0.1, 0.15) is 46.9 Å². The lowest BCUT2D eigenvalue weighted by Gasteiger charge is -2.37. The first kappa shape index (κ1) is 31.9. The van der Waals surface area contributed by atoms with Crippen LogP contribution in [0.5, 0.6) is 0 Å². The van der Waals surface area contributed by atoms with Crippen molar-refractivity contribution < 1.29 is 18.4 Å². The number of rotatable bonds is 6. The third-order valence-corrected chi connectivity index (χ3v) is 9.03. The molecule has 0 spiro atoms. The molecule has 2 N–H and O–H groups in total. The second-order valence-electron chi connectivity index (χ2n) is 11.9. The molecule has 6 rings (SSSR count). The molecular formula is C34H34F2N8O2S. The van der Waals surface area contributed by atoms with E-state index in [0.29, 0.717) is 33.4 Å². The van der Waals surface area contributed by atoms with Gasteiger partial charge in [-0.05, 0) is 49.1 Å². The fraction of sp³-hybridized carbons (Fsp3) is 0.294. The number of hydrogen-bond donors (Lipinski definition) is 2. The van der Waals surface area contributed by atoms with E-state index in [-0.39, 0.29) is 48.0 Å². The van der Waals surface area contributed by atoms with Gasteiger partial charge in [-0.3, -0.25) is 24.2 Å². The van der Waals surface area contributed by atoms with E-state index < -0.39 is 23.5 Å². The standard InChI is InChI=1S/C34H34F2N8O2S/c1-17(2)27-29(19(4)9-10-38-27)44-31-21(15-23(36)28(40-31)25-18(3)7-8-24-22(25)16-39-41-24)30(26(34(44)47)32(45)37-6)42-11-13-43(14-12-42)33(46)20(5)35/h7-10,15-17H,5,11-14H2,1-4,6H3,(H,37,45)(H,39,41). The SMILES string of the molecule is C=C(F)C(=O)N1CCN(c2c(C(=O)NC)c(=S)n(-c3c(C)ccnc3C(C)C)c3nc(-c4c(C)ccc5[nH]ncc45)c(F)cc23)CC1. The van der Waals surface area contributed by atoms with E-state index in [1.165, 1.54) is 18.0 Å². The molecule has 0 radical (unpaired) electrons. The number of halogens is 2. The molecule has 4 aromatic heterocycles. The van der Waals surface area contributed by atoms with Gasteiger partial charge in [0.2, 0.25) is 0 Å². The summed E-state index contributed by atoms with van der Waals surface area (Å²) in [6.45, 7) is 11.8. The van der Waals surface area contributed by atoms with Crippen molar-refractivity contribution in [3.8, 4) is 16.9 Å². The van der Waals surface area contributed by atoms with Crippen LogP contribution < -0.4 is 10.2 Å². The predicted octanol–water partition coefficient (Wildman–Crippen LogP) is 6.06. The lowest BCUT2D eigenvalue weighted by Crippen LogP contribution is -2.49. The number of benzene rings is 1. The Hall–Kier alpha value is -5.04. The van der Waals surface area contributed by atoms with Gasteiger partial charge in [0.05, 0.1) is 34.3 Å². The van der Waals surface area contributed by atoms with E-state index >= 15 is 4.39 Å². The lowest BCUT2D eigenvalue weighted by molar-refractivity contribution is -0.128. The van der Waals surface area contributed by atoms with Crippen LogP contribution >= 0.6 is 12.2 Å². The molecule has 47 heavy (non-hydrogen) atoms. The number of fused-ring (bicyclic) bond motifs is 2. The zero-order chi connectivity index (χ0) is 33.7. The van der Waals surface area contributed by atoms with Crippen LogP contribution in [0.15, 0.2) is 49.1 Å². The number of nitrogens with one attached hydrogen (secondary N) is 2. The molecular weight excluding hydrogens is 622 g/mol. The van der Waals surface area contributed by atoms with Gasteiger partial charge < -0.3 is 15.1 Å². The molecule has 0 aliphatic carbocycles. The predicted molar refractivity (Wildman–Crippen MR) is 181 cm³/mol. The Morgan fingerprint density at radius 3 is 2.45 bits per heavy atom. The third-order valence-electron chi connectivity index (χ3n) is 8.64. The number of hydrogen-bond acceptors (Lipinski definition) is 7. The molecule has 242 valence electrons. The molecule has 0 saturated carbocycles. The van der Waals surface area contributed by atoms with Crippen molar-refractivity contribution in [3.63, 3.8) is 0 Å². The summed E-state index contributed by atoms with van der Waals surface area (Å²) in [5, 5.41) is 10.9. The summed E-state index contributed by atoms with van der Waals surface area (Å²) >= 11 is 6.16. The van der Waals surface area contributed by atoms with Gasteiger partial charge >= 0.3 is 0 Å². The molecule has 5 heterocycles. The number of carbonyl (C=O) groups excluding carboxylic acids is 2. The lowest BCUT2D eigenvalue weighted by atomic mass is 9.99. The number of nitrogens with zero attached hydrogens (tertiary/aromatic N) is 6. The number of aromatic nitrogens is 5. The van der Waals surface area contributed by atoms with Crippen LogP contribution in [0, 0.1) is 24.3 Å². The van der Waals surface area contributed by atoms with Gasteiger partial charge in [-0.25, -0.2) is 13.8 Å². The molecule has 1 aromatic carbocycles. The van der Waals surface area contributed by atoms with Crippen LogP contribution in [0.25, 0.3) is 38.9 Å². The van der Waals surface area contributed by atoms with E-state index in [1.54, 1.807) is 17.0 Å². The summed E-state index contributed by atoms with van der Waals surface area (Å²) in [6, 6.07) is 7.01. The maximum Gasteiger partial charge on any atom is 0.282 e. The Bertz CT molecular complexity index is 2170. The number of carbonyl (C=O) groups is 2. The summed E-state index contributed by atoms with van der Waals surface area (Å²) < 4.78 is 32.2. The van der Waals surface area contributed by atoms with Crippen LogP contribution in [-0.4, -0.2) is 74.7 Å². The molecule has 1 aliphatic heterocycles. The van der Waals surface area contributed by atoms with Crippen LogP contribution in [0.3, 0.4) is 0 Å². The second kappa shape index (κ2) is 12.3. The summed E-state index contributed by atoms with van der Waals surface area (Å²) in [5.41, 5.74) is 5.33. The summed E-state index contributed by atoms with van der Waals surface area (Å²) in [6.07, 6.45) is 3.37. The van der Waals surface area contributed by atoms with Gasteiger partial charge in [0.15, 0.2) is 5.83 Å². The number of amides is 2. The van der Waals surface area contributed by atoms with Gasteiger partial charge in [0.1, 0.15) is 21.8 Å². The van der Waals surface area contributed by atoms with Gasteiger partial charge in [0, 0.05) is 55.8 Å². The highest BCUT2D eigenvalue weighted by Crippen LogP contribution is 2.40. The number of H-pyrrole nitrogens is 1. The van der Waals surface area contributed by atoms with Crippen molar-refractivity contribution in [3.05, 3.63) is 81.9 Å². The Morgan fingerprint density at radius 2 is 1.79 bits per heavy atom. The molecule has 5 aromatic rings. The smallest absolute Gasteiger partial charge is 0.282 e. The van der Waals surface area contributed by atoms with E-state index in [9.17, 15) is 14.0 Å². The zero-order valence-electron chi connectivity index (χ0n) is 26.7. The number of piperazine rings is 1. The van der Waals surface area contributed by atoms with Gasteiger partial charge in [-0.15, -0.1) is 0 Å². The van der Waals surface area contributed by atoms with Crippen molar-refractivity contribution in [2.75, 3.05) is 38.1 Å². The highest BCUT2D eigenvalue weighted by atomic mass is 32.1. The largest absolute Gasteiger partial charge is 0.367 e. The number of pyridine rings is 3. The second-order valence-corrected chi connectivity index (χ2v) is 12.3. The summed E-state index contributed by atoms with van der Waals surface area (Å²) in [5.74, 6) is -2.92. The van der Waals surface area contributed by atoms with Gasteiger partial charge in [0.25, 0.3) is 11.8 Å². The topological polar surface area (TPSA) is 112 Å². The Kier molecular flexibility index (Phi) is 8.35. The average molecular weight is 657 g/mol. The Balaban J connectivity index is 1.73. The highest BCUT2D eigenvalue weighted by Gasteiger charge is 2.31. The molecule has 0 bridgehead atoms. The number of aryl methyl sites for hydroxylation is 2. The van der Waals surface area contributed by atoms with Crippen molar-refractivity contribution in [2.45, 2.75) is 33.6 Å². The maximum absolute atomic E-state index is 16.6. The fourth-order valence-electron chi connectivity index (χ4n) is 6.34. The van der Waals surface area contributed by atoms with Crippen molar-refractivity contribution in [1.29, 1.82) is 0 Å². The first-order chi connectivity index (χ1) is 22.4. The molecule has 1 aliphatic rings. The van der Waals surface area contributed by atoms with Crippen LogP contribution in [-0.2, 0) is 4.79 Å². The summed E-state index contributed by atoms with van der Waals surface area (Å²) in [7, 11) is 1.50. The first-order valence-electron chi connectivity index (χ1n) is 15.2. The van der Waals surface area contributed by atoms with Crippen LogP contribution in [0.2, 0.25) is 0 Å². The molecule has 2 amide bonds. The average Bonchev–Trinajstić information content (AvgIpc) is 3.53.